The molecule has 4 rings (SSSR count). The van der Waals surface area contributed by atoms with Crippen LogP contribution in [0.4, 0.5) is 0 Å². The second kappa shape index (κ2) is 8.02. The maximum atomic E-state index is 13.0. The second-order valence-corrected chi connectivity index (χ2v) is 8.31. The number of H-pyrrole nitrogens is 1. The molecule has 1 unspecified atom stereocenters. The van der Waals surface area contributed by atoms with Crippen molar-refractivity contribution in [2.75, 3.05) is 13.1 Å². The highest BCUT2D eigenvalue weighted by atomic mass is 35.5. The average Bonchev–Trinajstić information content (AvgIpc) is 3.29. The van der Waals surface area contributed by atoms with Gasteiger partial charge in [0.2, 0.25) is 5.91 Å². The quantitative estimate of drug-likeness (QED) is 0.632. The zero-order chi connectivity index (χ0) is 19.7. The first-order valence-electron chi connectivity index (χ1n) is 9.85. The minimum atomic E-state index is 0.0628. The van der Waals surface area contributed by atoms with Crippen LogP contribution >= 0.6 is 11.6 Å². The number of aromatic nitrogens is 1. The van der Waals surface area contributed by atoms with Crippen molar-refractivity contribution in [3.8, 4) is 0 Å². The molecular weight excluding hydrogens is 374 g/mol. The summed E-state index contributed by atoms with van der Waals surface area (Å²) >= 11 is 6.22. The Hall–Kier alpha value is -2.24. The third kappa shape index (κ3) is 3.82. The summed E-state index contributed by atoms with van der Waals surface area (Å²) in [5.41, 5.74) is 3.56. The van der Waals surface area contributed by atoms with Crippen LogP contribution in [0.5, 0.6) is 0 Å². The summed E-state index contributed by atoms with van der Waals surface area (Å²) in [5, 5.41) is 5.13. The summed E-state index contributed by atoms with van der Waals surface area (Å²) in [5.74, 6) is 1.44. The normalized spacial score (nSPS) is 16.7. The van der Waals surface area contributed by atoms with E-state index < -0.39 is 0 Å². The monoisotopic (exact) mass is 399 g/mol. The molecule has 0 fully saturated rings. The molecule has 1 atom stereocenters. The van der Waals surface area contributed by atoms with E-state index in [9.17, 15) is 4.79 Å². The van der Waals surface area contributed by atoms with Gasteiger partial charge in [-0.25, -0.2) is 0 Å². The number of furan rings is 1. The van der Waals surface area contributed by atoms with Crippen molar-refractivity contribution in [2.24, 2.45) is 5.92 Å². The van der Waals surface area contributed by atoms with Gasteiger partial charge in [0, 0.05) is 28.2 Å². The molecule has 0 aliphatic carbocycles. The average molecular weight is 400 g/mol. The molecule has 1 aromatic carbocycles. The molecule has 3 aromatic rings. The first-order chi connectivity index (χ1) is 13.5. The Morgan fingerprint density at radius 1 is 1.39 bits per heavy atom. The summed E-state index contributed by atoms with van der Waals surface area (Å²) in [6.07, 6.45) is 3.41. The molecule has 0 saturated heterocycles. The van der Waals surface area contributed by atoms with Gasteiger partial charge in [-0.15, -0.1) is 0 Å². The summed E-state index contributed by atoms with van der Waals surface area (Å²) in [6, 6.07) is 9.78. The lowest BCUT2D eigenvalue weighted by Gasteiger charge is -2.37. The van der Waals surface area contributed by atoms with E-state index >= 15 is 0 Å². The van der Waals surface area contributed by atoms with Crippen LogP contribution in [0.15, 0.2) is 41.0 Å². The zero-order valence-corrected chi connectivity index (χ0v) is 17.1. The lowest BCUT2D eigenvalue weighted by Crippen LogP contribution is -2.44. The van der Waals surface area contributed by atoms with Crippen LogP contribution < -0.4 is 5.32 Å². The Morgan fingerprint density at radius 3 is 3.00 bits per heavy atom. The SMILES string of the molecule is CC(C)CC1c2[nH]c3ccc(Cl)cc3c2CCN1C(=O)CNCc1ccco1. The number of benzene rings is 1. The van der Waals surface area contributed by atoms with Crippen molar-refractivity contribution >= 4 is 28.4 Å². The smallest absolute Gasteiger partial charge is 0.237 e. The number of fused-ring (bicyclic) bond motifs is 3. The molecule has 0 bridgehead atoms. The van der Waals surface area contributed by atoms with Gasteiger partial charge in [-0.3, -0.25) is 4.79 Å². The maximum Gasteiger partial charge on any atom is 0.237 e. The fourth-order valence-electron chi connectivity index (χ4n) is 4.14. The van der Waals surface area contributed by atoms with Gasteiger partial charge in [-0.05, 0) is 54.7 Å². The standard InChI is InChI=1S/C22H26ClN3O2/c1-14(2)10-20-22-17(18-11-15(23)5-6-19(18)25-22)7-8-26(20)21(27)13-24-12-16-4-3-9-28-16/h3-6,9,11,14,20,24-25H,7-8,10,12-13H2,1-2H3. The highest BCUT2D eigenvalue weighted by molar-refractivity contribution is 6.31. The second-order valence-electron chi connectivity index (χ2n) is 7.87. The molecule has 5 nitrogen and oxygen atoms in total. The molecule has 0 spiro atoms. The van der Waals surface area contributed by atoms with Gasteiger partial charge in [-0.2, -0.15) is 0 Å². The van der Waals surface area contributed by atoms with E-state index in [-0.39, 0.29) is 11.9 Å². The van der Waals surface area contributed by atoms with Gasteiger partial charge in [-0.1, -0.05) is 25.4 Å². The fourth-order valence-corrected chi connectivity index (χ4v) is 4.31. The first kappa shape index (κ1) is 19.1. The third-order valence-corrected chi connectivity index (χ3v) is 5.62. The number of carbonyl (C=O) groups is 1. The van der Waals surface area contributed by atoms with Crippen molar-refractivity contribution in [1.82, 2.24) is 15.2 Å². The number of rotatable bonds is 6. The molecule has 1 amide bonds. The molecule has 0 radical (unpaired) electrons. The Bertz CT molecular complexity index is 962. The van der Waals surface area contributed by atoms with Crippen LogP contribution in [-0.4, -0.2) is 28.9 Å². The van der Waals surface area contributed by atoms with Crippen LogP contribution in [0.25, 0.3) is 10.9 Å². The molecule has 2 aromatic heterocycles. The van der Waals surface area contributed by atoms with E-state index in [4.69, 9.17) is 16.0 Å². The first-order valence-corrected chi connectivity index (χ1v) is 10.2. The molecule has 3 heterocycles. The molecule has 1 aliphatic rings. The molecule has 28 heavy (non-hydrogen) atoms. The molecule has 1 aliphatic heterocycles. The van der Waals surface area contributed by atoms with Gasteiger partial charge in [0.15, 0.2) is 0 Å². The Morgan fingerprint density at radius 2 is 2.25 bits per heavy atom. The van der Waals surface area contributed by atoms with Crippen molar-refractivity contribution in [3.05, 3.63) is 58.6 Å². The number of hydrogen-bond acceptors (Lipinski definition) is 3. The summed E-state index contributed by atoms with van der Waals surface area (Å²) < 4.78 is 5.32. The van der Waals surface area contributed by atoms with E-state index in [1.54, 1.807) is 6.26 Å². The Balaban J connectivity index is 1.56. The number of hydrogen-bond donors (Lipinski definition) is 2. The molecule has 148 valence electrons. The topological polar surface area (TPSA) is 61.3 Å². The zero-order valence-electron chi connectivity index (χ0n) is 16.3. The van der Waals surface area contributed by atoms with Gasteiger partial charge in [0.05, 0.1) is 25.4 Å². The number of halogens is 1. The van der Waals surface area contributed by atoms with Crippen LogP contribution in [0, 0.1) is 5.92 Å². The van der Waals surface area contributed by atoms with E-state index in [0.29, 0.717) is 19.0 Å². The predicted octanol–water partition coefficient (Wildman–Crippen LogP) is 4.68. The molecule has 0 saturated carbocycles. The Kier molecular flexibility index (Phi) is 5.47. The van der Waals surface area contributed by atoms with Crippen LogP contribution in [-0.2, 0) is 17.8 Å². The maximum absolute atomic E-state index is 13.0. The highest BCUT2D eigenvalue weighted by Gasteiger charge is 2.33. The minimum absolute atomic E-state index is 0.0628. The van der Waals surface area contributed by atoms with Gasteiger partial charge < -0.3 is 19.6 Å². The van der Waals surface area contributed by atoms with Crippen LogP contribution in [0.1, 0.15) is 43.3 Å². The molecule has 2 N–H and O–H groups in total. The van der Waals surface area contributed by atoms with E-state index in [1.807, 2.05) is 35.2 Å². The molecular formula is C22H26ClN3O2. The number of nitrogens with one attached hydrogen (secondary N) is 2. The number of aromatic amines is 1. The third-order valence-electron chi connectivity index (χ3n) is 5.38. The van der Waals surface area contributed by atoms with Gasteiger partial charge in [0.25, 0.3) is 0 Å². The largest absolute Gasteiger partial charge is 0.468 e. The Labute approximate surface area is 170 Å². The fraction of sp³-hybridized carbons (Fsp3) is 0.409. The lowest BCUT2D eigenvalue weighted by molar-refractivity contribution is -0.133. The highest BCUT2D eigenvalue weighted by Crippen LogP contribution is 2.38. The molecule has 6 heteroatoms. The summed E-state index contributed by atoms with van der Waals surface area (Å²) in [4.78, 5) is 18.6. The van der Waals surface area contributed by atoms with Gasteiger partial charge >= 0.3 is 0 Å². The summed E-state index contributed by atoms with van der Waals surface area (Å²) in [6.45, 7) is 5.98. The number of amides is 1. The van der Waals surface area contributed by atoms with E-state index in [1.165, 1.54) is 10.9 Å². The van der Waals surface area contributed by atoms with Crippen molar-refractivity contribution in [2.45, 2.75) is 39.3 Å². The van der Waals surface area contributed by atoms with Crippen LogP contribution in [0.3, 0.4) is 0 Å². The van der Waals surface area contributed by atoms with Crippen molar-refractivity contribution in [1.29, 1.82) is 0 Å². The van der Waals surface area contributed by atoms with E-state index in [2.05, 4.69) is 24.1 Å². The van der Waals surface area contributed by atoms with Gasteiger partial charge in [0.1, 0.15) is 5.76 Å². The number of nitrogens with zero attached hydrogens (tertiary/aromatic N) is 1. The minimum Gasteiger partial charge on any atom is -0.468 e. The van der Waals surface area contributed by atoms with Crippen LogP contribution in [0.2, 0.25) is 5.02 Å². The lowest BCUT2D eigenvalue weighted by atomic mass is 9.91. The predicted molar refractivity (Wildman–Crippen MR) is 111 cm³/mol. The van der Waals surface area contributed by atoms with Crippen molar-refractivity contribution in [3.63, 3.8) is 0 Å². The van der Waals surface area contributed by atoms with E-state index in [0.717, 1.165) is 41.4 Å². The summed E-state index contributed by atoms with van der Waals surface area (Å²) in [7, 11) is 0. The van der Waals surface area contributed by atoms with Crippen molar-refractivity contribution < 1.29 is 9.21 Å². The number of carbonyl (C=O) groups excluding carboxylic acids is 1.